The first-order valence-electron chi connectivity index (χ1n) is 8.58. The Bertz CT molecular complexity index is 818. The second-order valence-electron chi connectivity index (χ2n) is 7.09. The summed E-state index contributed by atoms with van der Waals surface area (Å²) in [6.45, 7) is 5.33. The minimum absolute atomic E-state index is 0.00887. The molecule has 4 rings (SSSR count). The molecule has 0 atom stereocenters. The monoisotopic (exact) mass is 349 g/mol. The van der Waals surface area contributed by atoms with Crippen molar-refractivity contribution in [3.05, 3.63) is 23.5 Å². The molecule has 2 aliphatic rings. The molecule has 0 radical (unpaired) electrons. The summed E-state index contributed by atoms with van der Waals surface area (Å²) in [5, 5.41) is 4.47. The Labute approximate surface area is 144 Å². The van der Waals surface area contributed by atoms with Crippen LogP contribution in [-0.4, -0.2) is 57.5 Å². The maximum Gasteiger partial charge on any atom is 0.251 e. The highest BCUT2D eigenvalue weighted by atomic mass is 19.3. The van der Waals surface area contributed by atoms with Gasteiger partial charge in [-0.25, -0.2) is 13.8 Å². The fourth-order valence-corrected chi connectivity index (χ4v) is 3.55. The minimum Gasteiger partial charge on any atom is -0.355 e. The van der Waals surface area contributed by atoms with E-state index in [1.165, 1.54) is 0 Å². The van der Waals surface area contributed by atoms with Crippen molar-refractivity contribution in [2.24, 2.45) is 5.92 Å². The number of hydrogen-bond donors (Lipinski definition) is 0. The number of halogens is 2. The quantitative estimate of drug-likeness (QED) is 0.833. The van der Waals surface area contributed by atoms with Crippen LogP contribution < -0.4 is 4.90 Å². The van der Waals surface area contributed by atoms with Gasteiger partial charge in [-0.1, -0.05) is 0 Å². The van der Waals surface area contributed by atoms with E-state index in [0.29, 0.717) is 13.1 Å². The van der Waals surface area contributed by atoms with Crippen LogP contribution in [0.25, 0.3) is 5.65 Å². The number of anilines is 1. The Hall–Kier alpha value is -2.25. The van der Waals surface area contributed by atoms with Gasteiger partial charge in [0.05, 0.1) is 11.6 Å². The van der Waals surface area contributed by atoms with Crippen molar-refractivity contribution >= 4 is 17.4 Å². The number of hydrogen-bond acceptors (Lipinski definition) is 4. The van der Waals surface area contributed by atoms with E-state index in [1.807, 2.05) is 26.0 Å². The number of nitrogens with zero attached hydrogens (tertiary/aromatic N) is 5. The van der Waals surface area contributed by atoms with Crippen molar-refractivity contribution in [3.63, 3.8) is 0 Å². The zero-order valence-corrected chi connectivity index (χ0v) is 14.4. The number of amides is 1. The molecule has 134 valence electrons. The lowest BCUT2D eigenvalue weighted by molar-refractivity contribution is -0.142. The summed E-state index contributed by atoms with van der Waals surface area (Å²) in [5.41, 5.74) is 2.58. The van der Waals surface area contributed by atoms with Crippen LogP contribution in [0, 0.1) is 19.8 Å². The molecule has 2 fully saturated rings. The molecular weight excluding hydrogens is 328 g/mol. The van der Waals surface area contributed by atoms with Gasteiger partial charge in [-0.2, -0.15) is 9.61 Å². The van der Waals surface area contributed by atoms with Gasteiger partial charge in [0.2, 0.25) is 5.91 Å². The third kappa shape index (κ3) is 2.94. The highest BCUT2D eigenvalue weighted by Crippen LogP contribution is 2.31. The van der Waals surface area contributed by atoms with E-state index in [-0.39, 0.29) is 37.8 Å². The average molecular weight is 349 g/mol. The second-order valence-corrected chi connectivity index (χ2v) is 7.09. The molecule has 0 aliphatic carbocycles. The predicted molar refractivity (Wildman–Crippen MR) is 88.9 cm³/mol. The number of piperidine rings is 1. The highest BCUT2D eigenvalue weighted by molar-refractivity contribution is 5.82. The maximum atomic E-state index is 13.2. The molecule has 1 amide bonds. The topological polar surface area (TPSA) is 53.7 Å². The van der Waals surface area contributed by atoms with Crippen LogP contribution >= 0.6 is 0 Å². The first-order chi connectivity index (χ1) is 11.8. The van der Waals surface area contributed by atoms with E-state index in [0.717, 1.165) is 22.9 Å². The molecule has 2 aromatic rings. The van der Waals surface area contributed by atoms with Gasteiger partial charge in [0.1, 0.15) is 5.82 Å². The second kappa shape index (κ2) is 5.64. The molecule has 2 saturated heterocycles. The Balaban J connectivity index is 1.45. The van der Waals surface area contributed by atoms with Gasteiger partial charge in [0.25, 0.3) is 5.92 Å². The molecule has 0 aromatic carbocycles. The number of aryl methyl sites for hydroxylation is 2. The molecule has 6 nitrogen and oxygen atoms in total. The van der Waals surface area contributed by atoms with E-state index in [4.69, 9.17) is 0 Å². The number of aromatic nitrogens is 3. The van der Waals surface area contributed by atoms with Crippen molar-refractivity contribution < 1.29 is 13.6 Å². The van der Waals surface area contributed by atoms with Crippen LogP contribution in [0.15, 0.2) is 12.1 Å². The molecule has 2 aliphatic heterocycles. The largest absolute Gasteiger partial charge is 0.355 e. The third-order valence-corrected chi connectivity index (χ3v) is 5.02. The number of carbonyl (C=O) groups excluding carboxylic acids is 1. The van der Waals surface area contributed by atoms with Gasteiger partial charge >= 0.3 is 0 Å². The number of carbonyl (C=O) groups is 1. The standard InChI is InChI=1S/C17H21F2N5O/c1-11-8-15(24-14(20-11)7-12(2)21-24)23-9-13(10-23)16(25)22-5-3-17(18,19)4-6-22/h7-8,13H,3-6,9-10H2,1-2H3. The molecular formula is C17H21F2N5O. The van der Waals surface area contributed by atoms with Gasteiger partial charge in [0.15, 0.2) is 5.65 Å². The molecule has 0 bridgehead atoms. The lowest BCUT2D eigenvalue weighted by Gasteiger charge is -2.43. The first kappa shape index (κ1) is 16.2. The number of alkyl halides is 2. The zero-order chi connectivity index (χ0) is 17.8. The summed E-state index contributed by atoms with van der Waals surface area (Å²) < 4.78 is 28.3. The van der Waals surface area contributed by atoms with Crippen molar-refractivity contribution in [1.29, 1.82) is 0 Å². The molecule has 2 aromatic heterocycles. The molecule has 0 saturated carbocycles. The van der Waals surface area contributed by atoms with Crippen LogP contribution in [-0.2, 0) is 4.79 Å². The van der Waals surface area contributed by atoms with Gasteiger partial charge < -0.3 is 9.80 Å². The summed E-state index contributed by atoms with van der Waals surface area (Å²) in [7, 11) is 0. The molecule has 0 N–H and O–H groups in total. The molecule has 25 heavy (non-hydrogen) atoms. The Morgan fingerprint density at radius 3 is 2.52 bits per heavy atom. The summed E-state index contributed by atoms with van der Waals surface area (Å²) in [6, 6.07) is 3.88. The Kier molecular flexibility index (Phi) is 3.66. The van der Waals surface area contributed by atoms with Crippen molar-refractivity contribution in [3.8, 4) is 0 Å². The smallest absolute Gasteiger partial charge is 0.251 e. The lowest BCUT2D eigenvalue weighted by Crippen LogP contribution is -2.56. The summed E-state index contributed by atoms with van der Waals surface area (Å²) >= 11 is 0. The van der Waals surface area contributed by atoms with Crippen molar-refractivity contribution in [2.75, 3.05) is 31.1 Å². The first-order valence-corrected chi connectivity index (χ1v) is 8.58. The normalized spacial score (nSPS) is 20.8. The summed E-state index contributed by atoms with van der Waals surface area (Å²) in [4.78, 5) is 20.7. The average Bonchev–Trinajstić information content (AvgIpc) is 2.85. The SMILES string of the molecule is Cc1cc(N2CC(C(=O)N3CCC(F)(F)CC3)C2)n2nc(C)cc2n1. The number of fused-ring (bicyclic) bond motifs is 1. The van der Waals surface area contributed by atoms with Crippen LogP contribution in [0.2, 0.25) is 0 Å². The number of likely N-dealkylation sites (tertiary alicyclic amines) is 1. The van der Waals surface area contributed by atoms with E-state index < -0.39 is 5.92 Å². The van der Waals surface area contributed by atoms with Crippen molar-refractivity contribution in [2.45, 2.75) is 32.6 Å². The maximum absolute atomic E-state index is 13.2. The highest BCUT2D eigenvalue weighted by Gasteiger charge is 2.41. The molecule has 0 spiro atoms. The van der Waals surface area contributed by atoms with E-state index in [9.17, 15) is 13.6 Å². The van der Waals surface area contributed by atoms with Gasteiger partial charge in [0, 0.05) is 56.8 Å². The Morgan fingerprint density at radius 2 is 1.84 bits per heavy atom. The zero-order valence-electron chi connectivity index (χ0n) is 14.4. The van der Waals surface area contributed by atoms with Crippen LogP contribution in [0.3, 0.4) is 0 Å². The van der Waals surface area contributed by atoms with Crippen LogP contribution in [0.5, 0.6) is 0 Å². The molecule has 8 heteroatoms. The van der Waals surface area contributed by atoms with E-state index in [2.05, 4.69) is 15.0 Å². The Morgan fingerprint density at radius 1 is 1.16 bits per heavy atom. The van der Waals surface area contributed by atoms with Gasteiger partial charge in [-0.05, 0) is 13.8 Å². The molecule has 4 heterocycles. The fourth-order valence-electron chi connectivity index (χ4n) is 3.55. The van der Waals surface area contributed by atoms with Crippen LogP contribution in [0.4, 0.5) is 14.6 Å². The van der Waals surface area contributed by atoms with Gasteiger partial charge in [-0.3, -0.25) is 4.79 Å². The van der Waals surface area contributed by atoms with Crippen molar-refractivity contribution in [1.82, 2.24) is 19.5 Å². The summed E-state index contributed by atoms with van der Waals surface area (Å²) in [6.07, 6.45) is -0.460. The van der Waals surface area contributed by atoms with Gasteiger partial charge in [-0.15, -0.1) is 0 Å². The number of rotatable bonds is 2. The third-order valence-electron chi connectivity index (χ3n) is 5.02. The fraction of sp³-hybridized carbons (Fsp3) is 0.588. The van der Waals surface area contributed by atoms with E-state index in [1.54, 1.807) is 9.42 Å². The van der Waals surface area contributed by atoms with E-state index >= 15 is 0 Å². The summed E-state index contributed by atoms with van der Waals surface area (Å²) in [5.74, 6) is -1.84. The minimum atomic E-state index is -2.62. The lowest BCUT2D eigenvalue weighted by atomic mass is 9.96. The molecule has 0 unspecified atom stereocenters. The van der Waals surface area contributed by atoms with Crippen LogP contribution in [0.1, 0.15) is 24.2 Å². The predicted octanol–water partition coefficient (Wildman–Crippen LogP) is 2.04.